The minimum atomic E-state index is -1.27. The number of hydrogen-bond donors (Lipinski definition) is 1. The summed E-state index contributed by atoms with van der Waals surface area (Å²) in [7, 11) is 1.62. The molecule has 0 spiro atoms. The predicted octanol–water partition coefficient (Wildman–Crippen LogP) is 1.10. The zero-order chi connectivity index (χ0) is 14.4. The van der Waals surface area contributed by atoms with E-state index in [1.807, 2.05) is 37.3 Å². The first-order valence-electron chi connectivity index (χ1n) is 6.22. The van der Waals surface area contributed by atoms with Gasteiger partial charge >= 0.3 is 5.97 Å². The Morgan fingerprint density at radius 3 is 2.42 bits per heavy atom. The molecular weight excluding hydrogens is 244 g/mol. The molecule has 0 aliphatic heterocycles. The number of hydrogen-bond acceptors (Lipinski definition) is 4. The van der Waals surface area contributed by atoms with Crippen LogP contribution < -0.4 is 5.73 Å². The van der Waals surface area contributed by atoms with Crippen molar-refractivity contribution in [2.45, 2.75) is 25.9 Å². The molecule has 0 bridgehead atoms. The molecule has 2 atom stereocenters. The molecular formula is C14H20N2O3. The maximum atomic E-state index is 12.1. The normalized spacial score (nSPS) is 13.5. The van der Waals surface area contributed by atoms with E-state index in [4.69, 9.17) is 10.5 Å². The number of esters is 1. The first-order chi connectivity index (χ1) is 8.99. The van der Waals surface area contributed by atoms with Crippen molar-refractivity contribution >= 4 is 11.9 Å². The molecule has 0 radical (unpaired) electrons. The van der Waals surface area contributed by atoms with Gasteiger partial charge in [0.15, 0.2) is 6.04 Å². The summed E-state index contributed by atoms with van der Waals surface area (Å²) in [4.78, 5) is 25.0. The van der Waals surface area contributed by atoms with E-state index in [9.17, 15) is 9.59 Å². The van der Waals surface area contributed by atoms with Crippen molar-refractivity contribution in [1.82, 2.24) is 4.90 Å². The smallest absolute Gasteiger partial charge is 0.332 e. The Morgan fingerprint density at radius 1 is 1.32 bits per heavy atom. The first kappa shape index (κ1) is 15.2. The van der Waals surface area contributed by atoms with Crippen LogP contribution in [0, 0.1) is 0 Å². The van der Waals surface area contributed by atoms with E-state index in [0.29, 0.717) is 0 Å². The van der Waals surface area contributed by atoms with Crippen molar-refractivity contribution in [2.75, 3.05) is 13.7 Å². The quantitative estimate of drug-likeness (QED) is 0.638. The van der Waals surface area contributed by atoms with Gasteiger partial charge in [0.2, 0.25) is 0 Å². The van der Waals surface area contributed by atoms with Crippen LogP contribution in [0.1, 0.15) is 25.5 Å². The molecule has 104 valence electrons. The number of likely N-dealkylation sites (N-methyl/N-ethyl adjacent to an activating group) is 1. The molecule has 0 aromatic heterocycles. The van der Waals surface area contributed by atoms with Crippen molar-refractivity contribution in [3.8, 4) is 0 Å². The van der Waals surface area contributed by atoms with E-state index in [-0.39, 0.29) is 12.6 Å². The zero-order valence-electron chi connectivity index (χ0n) is 11.5. The van der Waals surface area contributed by atoms with Crippen LogP contribution in [0.15, 0.2) is 30.3 Å². The molecule has 0 saturated heterocycles. The van der Waals surface area contributed by atoms with Crippen LogP contribution in [0.4, 0.5) is 0 Å². The van der Waals surface area contributed by atoms with E-state index in [1.54, 1.807) is 14.0 Å². The summed E-state index contributed by atoms with van der Waals surface area (Å²) in [5.74, 6) is -1.14. The van der Waals surface area contributed by atoms with Gasteiger partial charge in [0.1, 0.15) is 0 Å². The van der Waals surface area contributed by atoms with Gasteiger partial charge in [-0.05, 0) is 19.4 Å². The molecule has 1 aromatic carbocycles. The lowest BCUT2D eigenvalue weighted by Gasteiger charge is -2.27. The zero-order valence-corrected chi connectivity index (χ0v) is 11.5. The standard InChI is InChI=1S/C14H20N2O3/c1-4-19-14(18)12(15)13(17)16(3)10(2)11-8-6-5-7-9-11/h5-10,12H,4,15H2,1-3H3. The Bertz CT molecular complexity index is 434. The van der Waals surface area contributed by atoms with Crippen LogP contribution in [0.5, 0.6) is 0 Å². The van der Waals surface area contributed by atoms with E-state index in [2.05, 4.69) is 0 Å². The Hall–Kier alpha value is -1.88. The lowest BCUT2D eigenvalue weighted by Crippen LogP contribution is -2.48. The number of benzene rings is 1. The molecule has 5 heteroatoms. The van der Waals surface area contributed by atoms with Crippen LogP contribution in [-0.4, -0.2) is 36.5 Å². The molecule has 1 rings (SSSR count). The monoisotopic (exact) mass is 264 g/mol. The SMILES string of the molecule is CCOC(=O)C(N)C(=O)N(C)C(C)c1ccccc1. The molecule has 19 heavy (non-hydrogen) atoms. The van der Waals surface area contributed by atoms with Gasteiger partial charge in [0, 0.05) is 7.05 Å². The lowest BCUT2D eigenvalue weighted by molar-refractivity contribution is -0.151. The van der Waals surface area contributed by atoms with Crippen LogP contribution in [0.3, 0.4) is 0 Å². The molecule has 0 fully saturated rings. The van der Waals surface area contributed by atoms with Gasteiger partial charge in [0.05, 0.1) is 12.6 Å². The van der Waals surface area contributed by atoms with Gasteiger partial charge in [0.25, 0.3) is 5.91 Å². The minimum absolute atomic E-state index is 0.158. The molecule has 2 N–H and O–H groups in total. The summed E-state index contributed by atoms with van der Waals surface area (Å²) in [5, 5.41) is 0. The van der Waals surface area contributed by atoms with Gasteiger partial charge in [-0.2, -0.15) is 0 Å². The van der Waals surface area contributed by atoms with Crippen LogP contribution in [0.25, 0.3) is 0 Å². The topological polar surface area (TPSA) is 72.6 Å². The maximum absolute atomic E-state index is 12.1. The van der Waals surface area contributed by atoms with Crippen LogP contribution in [-0.2, 0) is 14.3 Å². The third kappa shape index (κ3) is 3.79. The van der Waals surface area contributed by atoms with Crippen molar-refractivity contribution in [3.63, 3.8) is 0 Å². The highest BCUT2D eigenvalue weighted by molar-refractivity contribution is 6.01. The summed E-state index contributed by atoms with van der Waals surface area (Å²) >= 11 is 0. The largest absolute Gasteiger partial charge is 0.464 e. The van der Waals surface area contributed by atoms with Crippen LogP contribution >= 0.6 is 0 Å². The average Bonchev–Trinajstić information content (AvgIpc) is 2.45. The number of amides is 1. The summed E-state index contributed by atoms with van der Waals surface area (Å²) in [6, 6.07) is 8.12. The average molecular weight is 264 g/mol. The highest BCUT2D eigenvalue weighted by atomic mass is 16.5. The van der Waals surface area contributed by atoms with E-state index in [0.717, 1.165) is 5.56 Å². The van der Waals surface area contributed by atoms with E-state index in [1.165, 1.54) is 4.90 Å². The van der Waals surface area contributed by atoms with Gasteiger partial charge in [-0.1, -0.05) is 30.3 Å². The highest BCUT2D eigenvalue weighted by Crippen LogP contribution is 2.18. The summed E-state index contributed by atoms with van der Waals surface area (Å²) < 4.78 is 4.75. The number of ether oxygens (including phenoxy) is 1. The van der Waals surface area contributed by atoms with Gasteiger partial charge < -0.3 is 15.4 Å². The molecule has 0 saturated carbocycles. The minimum Gasteiger partial charge on any atom is -0.464 e. The second-order valence-electron chi connectivity index (χ2n) is 4.27. The van der Waals surface area contributed by atoms with Crippen molar-refractivity contribution in [2.24, 2.45) is 5.73 Å². The Balaban J connectivity index is 2.74. The number of nitrogens with two attached hydrogens (primary N) is 1. The molecule has 1 aromatic rings. The Kier molecular flexibility index (Phi) is 5.51. The number of rotatable bonds is 5. The first-order valence-corrected chi connectivity index (χ1v) is 6.22. The number of carbonyl (C=O) groups excluding carboxylic acids is 2. The van der Waals surface area contributed by atoms with Crippen molar-refractivity contribution in [1.29, 1.82) is 0 Å². The summed E-state index contributed by atoms with van der Waals surface area (Å²) in [6.07, 6.45) is 0. The summed E-state index contributed by atoms with van der Waals surface area (Å²) in [6.45, 7) is 3.76. The van der Waals surface area contributed by atoms with Gasteiger partial charge in [-0.25, -0.2) is 4.79 Å². The maximum Gasteiger partial charge on any atom is 0.332 e. The lowest BCUT2D eigenvalue weighted by atomic mass is 10.1. The second kappa shape index (κ2) is 6.89. The Labute approximate surface area is 113 Å². The molecule has 0 heterocycles. The molecule has 5 nitrogen and oxygen atoms in total. The molecule has 0 aliphatic carbocycles. The van der Waals surface area contributed by atoms with Crippen LogP contribution in [0.2, 0.25) is 0 Å². The third-order valence-corrected chi connectivity index (χ3v) is 3.02. The fraction of sp³-hybridized carbons (Fsp3) is 0.429. The molecule has 2 unspecified atom stereocenters. The fourth-order valence-corrected chi connectivity index (χ4v) is 1.70. The summed E-state index contributed by atoms with van der Waals surface area (Å²) in [5.41, 5.74) is 6.58. The molecule has 0 aliphatic rings. The number of carbonyl (C=O) groups is 2. The van der Waals surface area contributed by atoms with E-state index < -0.39 is 17.9 Å². The highest BCUT2D eigenvalue weighted by Gasteiger charge is 2.29. The Morgan fingerprint density at radius 2 is 1.89 bits per heavy atom. The van der Waals surface area contributed by atoms with Gasteiger partial charge in [-0.15, -0.1) is 0 Å². The third-order valence-electron chi connectivity index (χ3n) is 3.02. The van der Waals surface area contributed by atoms with Crippen molar-refractivity contribution in [3.05, 3.63) is 35.9 Å². The van der Waals surface area contributed by atoms with E-state index >= 15 is 0 Å². The second-order valence-corrected chi connectivity index (χ2v) is 4.27. The fourth-order valence-electron chi connectivity index (χ4n) is 1.70. The number of nitrogens with zero attached hydrogens (tertiary/aromatic N) is 1. The predicted molar refractivity (Wildman–Crippen MR) is 72.2 cm³/mol. The van der Waals surface area contributed by atoms with Crippen molar-refractivity contribution < 1.29 is 14.3 Å². The van der Waals surface area contributed by atoms with Gasteiger partial charge in [-0.3, -0.25) is 4.79 Å². The molecule has 1 amide bonds.